The van der Waals surface area contributed by atoms with Crippen molar-refractivity contribution in [1.82, 2.24) is 9.34 Å². The Hall–Kier alpha value is -0.490. The third-order valence-corrected chi connectivity index (χ3v) is 3.28. The Morgan fingerprint density at radius 3 is 1.50 bits per heavy atom. The van der Waals surface area contributed by atoms with Crippen LogP contribution in [-0.2, 0) is 0 Å². The topological polar surface area (TPSA) is 6.48 Å². The van der Waals surface area contributed by atoms with Gasteiger partial charge in [0.1, 0.15) is 0 Å². The van der Waals surface area contributed by atoms with Gasteiger partial charge in [-0.15, -0.1) is 0 Å². The van der Waals surface area contributed by atoms with Gasteiger partial charge < -0.3 is 9.34 Å². The second kappa shape index (κ2) is 1.26. The molecule has 2 rings (SSSR count). The molecule has 0 unspecified atom stereocenters. The van der Waals surface area contributed by atoms with E-state index in [0.717, 1.165) is 0 Å². The predicted octanol–water partition coefficient (Wildman–Crippen LogP) is 1.50. The highest BCUT2D eigenvalue weighted by molar-refractivity contribution is 7.52. The van der Waals surface area contributed by atoms with Crippen molar-refractivity contribution in [3.05, 3.63) is 24.8 Å². The Bertz CT molecular complexity index is 134. The van der Waals surface area contributed by atoms with Crippen molar-refractivity contribution in [2.24, 2.45) is 0 Å². The van der Waals surface area contributed by atoms with Crippen LogP contribution in [0.4, 0.5) is 0 Å². The molecule has 0 aromatic heterocycles. The third kappa shape index (κ3) is 0.366. The molecule has 0 aromatic rings. The van der Waals surface area contributed by atoms with E-state index >= 15 is 0 Å². The van der Waals surface area contributed by atoms with E-state index in [0.29, 0.717) is 0 Å². The first-order valence-corrected chi connectivity index (χ1v) is 4.24. The molecule has 3 heteroatoms. The molecule has 0 N–H and O–H groups in total. The first kappa shape index (κ1) is 4.39. The zero-order valence-electron chi connectivity index (χ0n) is 4.65. The van der Waals surface area contributed by atoms with Gasteiger partial charge in [-0.3, -0.25) is 0 Å². The molecule has 0 aromatic carbocycles. The highest BCUT2D eigenvalue weighted by atomic mass is 31.1. The van der Waals surface area contributed by atoms with Gasteiger partial charge >= 0.3 is 0 Å². The fourth-order valence-corrected chi connectivity index (χ4v) is 2.13. The van der Waals surface area contributed by atoms with Crippen LogP contribution in [0.1, 0.15) is 0 Å². The Kier molecular flexibility index (Phi) is 0.694. The minimum Gasteiger partial charge on any atom is -0.313 e. The van der Waals surface area contributed by atoms with Crippen molar-refractivity contribution in [1.29, 1.82) is 0 Å². The van der Waals surface area contributed by atoms with Crippen molar-refractivity contribution < 1.29 is 0 Å². The summed E-state index contributed by atoms with van der Waals surface area (Å²) in [6.45, 7) is 2.23. The number of hydrogen-bond donors (Lipinski definition) is 0. The van der Waals surface area contributed by atoms with Gasteiger partial charge in [0.2, 0.25) is 0 Å². The summed E-state index contributed by atoms with van der Waals surface area (Å²) < 4.78 is 4.46. The quantitative estimate of drug-likeness (QED) is 0.454. The maximum atomic E-state index is 2.23. The van der Waals surface area contributed by atoms with E-state index in [1.54, 1.807) is 0 Å². The van der Waals surface area contributed by atoms with E-state index in [-0.39, 0.29) is 8.22 Å². The summed E-state index contributed by atoms with van der Waals surface area (Å²) in [6, 6.07) is 0. The van der Waals surface area contributed by atoms with Crippen molar-refractivity contribution in [3.63, 3.8) is 0 Å². The largest absolute Gasteiger partial charge is 0.313 e. The lowest BCUT2D eigenvalue weighted by Gasteiger charge is -2.14. The normalized spacial score (nSPS) is 24.1. The van der Waals surface area contributed by atoms with E-state index in [2.05, 4.69) is 40.8 Å². The van der Waals surface area contributed by atoms with Crippen LogP contribution in [0.15, 0.2) is 24.8 Å². The van der Waals surface area contributed by atoms with Crippen molar-refractivity contribution in [2.75, 3.05) is 6.66 Å². The molecule has 0 saturated carbocycles. The van der Waals surface area contributed by atoms with Gasteiger partial charge in [-0.1, -0.05) is 0 Å². The molecular formula is C5H7N2P. The van der Waals surface area contributed by atoms with Crippen LogP contribution in [-0.4, -0.2) is 16.0 Å². The summed E-state index contributed by atoms with van der Waals surface area (Å²) in [5, 5.41) is 0. The summed E-state index contributed by atoms with van der Waals surface area (Å²) in [7, 11) is -0.0319. The zero-order chi connectivity index (χ0) is 5.56. The highest BCUT2D eigenvalue weighted by Crippen LogP contribution is 2.50. The number of rotatable bonds is 0. The van der Waals surface area contributed by atoms with Gasteiger partial charge in [-0.2, -0.15) is 0 Å². The summed E-state index contributed by atoms with van der Waals surface area (Å²) in [6.07, 6.45) is 8.41. The lowest BCUT2D eigenvalue weighted by molar-refractivity contribution is 0.829. The maximum Gasteiger partial charge on any atom is 0.0995 e. The highest BCUT2D eigenvalue weighted by Gasteiger charge is 2.23. The lowest BCUT2D eigenvalue weighted by Crippen LogP contribution is -1.93. The fraction of sp³-hybridized carbons (Fsp3) is 0.200. The van der Waals surface area contributed by atoms with E-state index in [9.17, 15) is 0 Å². The molecule has 0 aliphatic carbocycles. The van der Waals surface area contributed by atoms with Crippen molar-refractivity contribution in [2.45, 2.75) is 0 Å². The molecule has 0 fully saturated rings. The number of hydrogen-bond acceptors (Lipinski definition) is 2. The van der Waals surface area contributed by atoms with E-state index < -0.39 is 0 Å². The molecule has 0 spiro atoms. The first-order chi connectivity index (χ1) is 3.88. The molecule has 2 aliphatic rings. The summed E-state index contributed by atoms with van der Waals surface area (Å²) in [5.74, 6) is 0. The molecule has 0 radical (unpaired) electrons. The summed E-state index contributed by atoms with van der Waals surface area (Å²) >= 11 is 0. The minimum absolute atomic E-state index is 0.0319. The third-order valence-electron chi connectivity index (χ3n) is 1.41. The molecule has 2 bridgehead atoms. The van der Waals surface area contributed by atoms with Crippen molar-refractivity contribution in [3.8, 4) is 0 Å². The lowest BCUT2D eigenvalue weighted by atomic mass is 10.7. The van der Waals surface area contributed by atoms with Gasteiger partial charge in [-0.05, 0) is 6.66 Å². The molecule has 8 heavy (non-hydrogen) atoms. The number of fused-ring (bicyclic) bond motifs is 2. The Morgan fingerprint density at radius 1 is 1.00 bits per heavy atom. The molecule has 0 saturated heterocycles. The SMILES string of the molecule is CP1N2C=CN1C=C2. The molecular weight excluding hydrogens is 119 g/mol. The van der Waals surface area contributed by atoms with Gasteiger partial charge in [0.05, 0.1) is 8.22 Å². The molecule has 2 nitrogen and oxygen atoms in total. The van der Waals surface area contributed by atoms with Crippen LogP contribution >= 0.6 is 8.22 Å². The maximum absolute atomic E-state index is 2.23. The zero-order valence-corrected chi connectivity index (χ0v) is 5.55. The first-order valence-electron chi connectivity index (χ1n) is 2.55. The van der Waals surface area contributed by atoms with Crippen LogP contribution in [0.5, 0.6) is 0 Å². The van der Waals surface area contributed by atoms with Crippen LogP contribution < -0.4 is 0 Å². The number of nitrogens with zero attached hydrogens (tertiary/aromatic N) is 2. The average molecular weight is 126 g/mol. The summed E-state index contributed by atoms with van der Waals surface area (Å²) in [4.78, 5) is 0. The van der Waals surface area contributed by atoms with Gasteiger partial charge in [-0.25, -0.2) is 0 Å². The second-order valence-corrected chi connectivity index (χ2v) is 3.75. The Morgan fingerprint density at radius 2 is 1.38 bits per heavy atom. The standard InChI is InChI=1S/C5H7N2P/c1-8-6-2-3-7(8)5-4-6/h2-5H,1H3. The smallest absolute Gasteiger partial charge is 0.0995 e. The molecule has 2 aliphatic heterocycles. The van der Waals surface area contributed by atoms with Crippen LogP contribution in [0.2, 0.25) is 0 Å². The van der Waals surface area contributed by atoms with Crippen LogP contribution in [0, 0.1) is 0 Å². The predicted molar refractivity (Wildman–Crippen MR) is 34.8 cm³/mol. The van der Waals surface area contributed by atoms with E-state index in [4.69, 9.17) is 0 Å². The fourth-order valence-electron chi connectivity index (χ4n) is 0.878. The minimum atomic E-state index is -0.0319. The van der Waals surface area contributed by atoms with Crippen molar-refractivity contribution >= 4 is 8.22 Å². The molecule has 0 amide bonds. The monoisotopic (exact) mass is 126 g/mol. The second-order valence-electron chi connectivity index (χ2n) is 1.85. The van der Waals surface area contributed by atoms with E-state index in [1.807, 2.05) is 0 Å². The van der Waals surface area contributed by atoms with E-state index in [1.165, 1.54) is 0 Å². The Balaban J connectivity index is 2.34. The Labute approximate surface area is 49.9 Å². The molecule has 42 valence electrons. The van der Waals surface area contributed by atoms with Gasteiger partial charge in [0.25, 0.3) is 0 Å². The molecule has 2 heterocycles. The van der Waals surface area contributed by atoms with Gasteiger partial charge in [0.15, 0.2) is 0 Å². The molecule has 0 atom stereocenters. The summed E-state index contributed by atoms with van der Waals surface area (Å²) in [5.41, 5.74) is 0. The van der Waals surface area contributed by atoms with Gasteiger partial charge in [0, 0.05) is 24.8 Å². The van der Waals surface area contributed by atoms with Crippen LogP contribution in [0.3, 0.4) is 0 Å². The average Bonchev–Trinajstić information content (AvgIpc) is 2.29. The van der Waals surface area contributed by atoms with Crippen LogP contribution in [0.25, 0.3) is 0 Å².